The molecule has 0 aliphatic carbocycles. The van der Waals surface area contributed by atoms with Gasteiger partial charge < -0.3 is 14.5 Å². The average molecular weight is 450 g/mol. The molecule has 0 aromatic carbocycles. The van der Waals surface area contributed by atoms with Crippen molar-refractivity contribution in [1.29, 1.82) is 0 Å². The van der Waals surface area contributed by atoms with Crippen molar-refractivity contribution in [3.63, 3.8) is 0 Å². The molecular formula is C23H27N7OS. The molecule has 32 heavy (non-hydrogen) atoms. The number of rotatable bonds is 6. The first kappa shape index (κ1) is 21.0. The van der Waals surface area contributed by atoms with Crippen LogP contribution in [0.15, 0.2) is 48.6 Å². The molecule has 0 amide bonds. The third-order valence-electron chi connectivity index (χ3n) is 5.79. The Bertz CT molecular complexity index is 1040. The molecule has 2 aliphatic heterocycles. The van der Waals surface area contributed by atoms with Crippen molar-refractivity contribution in [2.75, 3.05) is 68.8 Å². The van der Waals surface area contributed by atoms with Gasteiger partial charge in [0.2, 0.25) is 11.9 Å². The normalized spacial score (nSPS) is 17.5. The minimum atomic E-state index is 0.700. The second kappa shape index (κ2) is 9.72. The number of ether oxygens (including phenoxy) is 1. The number of hydrogen-bond donors (Lipinski definition) is 0. The molecule has 5 rings (SSSR count). The van der Waals surface area contributed by atoms with Gasteiger partial charge in [-0.2, -0.15) is 0 Å². The predicted molar refractivity (Wildman–Crippen MR) is 128 cm³/mol. The lowest BCUT2D eigenvalue weighted by molar-refractivity contribution is 0.122. The van der Waals surface area contributed by atoms with Crippen LogP contribution in [0.25, 0.3) is 21.8 Å². The Labute approximate surface area is 192 Å². The Kier molecular flexibility index (Phi) is 6.38. The van der Waals surface area contributed by atoms with Crippen molar-refractivity contribution in [3.05, 3.63) is 48.6 Å². The topological polar surface area (TPSA) is 70.5 Å². The van der Waals surface area contributed by atoms with E-state index in [1.54, 1.807) is 11.3 Å². The summed E-state index contributed by atoms with van der Waals surface area (Å²) in [6.45, 7) is 11.6. The lowest BCUT2D eigenvalue weighted by atomic mass is 10.1. The number of hydrogen-bond acceptors (Lipinski definition) is 9. The lowest BCUT2D eigenvalue weighted by Crippen LogP contribution is -2.46. The number of morpholine rings is 1. The van der Waals surface area contributed by atoms with E-state index in [0.717, 1.165) is 79.5 Å². The van der Waals surface area contributed by atoms with E-state index in [4.69, 9.17) is 19.7 Å². The quantitative estimate of drug-likeness (QED) is 0.532. The third kappa shape index (κ3) is 4.50. The van der Waals surface area contributed by atoms with Gasteiger partial charge in [0.05, 0.1) is 29.5 Å². The maximum Gasteiger partial charge on any atom is 0.226 e. The molecule has 8 nitrogen and oxygen atoms in total. The van der Waals surface area contributed by atoms with E-state index in [9.17, 15) is 0 Å². The van der Waals surface area contributed by atoms with E-state index >= 15 is 0 Å². The van der Waals surface area contributed by atoms with Crippen molar-refractivity contribution in [3.8, 4) is 21.8 Å². The lowest BCUT2D eigenvalue weighted by Gasteiger charge is -2.34. The van der Waals surface area contributed by atoms with E-state index in [0.29, 0.717) is 13.2 Å². The van der Waals surface area contributed by atoms with E-state index in [1.807, 2.05) is 24.5 Å². The maximum absolute atomic E-state index is 5.47. The summed E-state index contributed by atoms with van der Waals surface area (Å²) in [6, 6.07) is 6.10. The summed E-state index contributed by atoms with van der Waals surface area (Å²) >= 11 is 1.68. The molecule has 3 aromatic heterocycles. The van der Waals surface area contributed by atoms with Crippen LogP contribution in [0.4, 0.5) is 11.9 Å². The molecule has 0 atom stereocenters. The molecule has 166 valence electrons. The minimum Gasteiger partial charge on any atom is -0.378 e. The van der Waals surface area contributed by atoms with Crippen LogP contribution < -0.4 is 9.80 Å². The highest BCUT2D eigenvalue weighted by molar-refractivity contribution is 7.13. The zero-order valence-electron chi connectivity index (χ0n) is 18.1. The van der Waals surface area contributed by atoms with Crippen LogP contribution in [-0.4, -0.2) is 83.9 Å². The summed E-state index contributed by atoms with van der Waals surface area (Å²) in [5.74, 6) is 1.50. The van der Waals surface area contributed by atoms with Crippen LogP contribution >= 0.6 is 11.3 Å². The summed E-state index contributed by atoms with van der Waals surface area (Å²) < 4.78 is 5.47. The fraction of sp³-hybridized carbons (Fsp3) is 0.391. The van der Waals surface area contributed by atoms with Crippen LogP contribution in [0.1, 0.15) is 0 Å². The van der Waals surface area contributed by atoms with Gasteiger partial charge in [0.25, 0.3) is 0 Å². The zero-order valence-corrected chi connectivity index (χ0v) is 18.9. The summed E-state index contributed by atoms with van der Waals surface area (Å²) in [4.78, 5) is 27.1. The molecular weight excluding hydrogens is 422 g/mol. The second-order valence-electron chi connectivity index (χ2n) is 7.83. The molecule has 5 heterocycles. The van der Waals surface area contributed by atoms with Crippen molar-refractivity contribution in [2.24, 2.45) is 0 Å². The molecule has 0 bridgehead atoms. The van der Waals surface area contributed by atoms with Gasteiger partial charge in [-0.3, -0.25) is 4.90 Å². The number of aromatic nitrogens is 4. The number of nitrogens with zero attached hydrogens (tertiary/aromatic N) is 7. The highest BCUT2D eigenvalue weighted by Crippen LogP contribution is 2.33. The van der Waals surface area contributed by atoms with E-state index in [1.165, 1.54) is 0 Å². The number of piperazine rings is 1. The van der Waals surface area contributed by atoms with Crippen molar-refractivity contribution >= 4 is 23.2 Å². The molecule has 0 N–H and O–H groups in total. The Morgan fingerprint density at radius 3 is 2.50 bits per heavy atom. The molecule has 9 heteroatoms. The molecule has 0 spiro atoms. The molecule has 2 aliphatic rings. The van der Waals surface area contributed by atoms with Gasteiger partial charge >= 0.3 is 0 Å². The maximum atomic E-state index is 5.47. The Morgan fingerprint density at radius 2 is 1.75 bits per heavy atom. The highest BCUT2D eigenvalue weighted by Gasteiger charge is 2.22. The molecule has 0 unspecified atom stereocenters. The molecule has 0 saturated carbocycles. The fourth-order valence-corrected chi connectivity index (χ4v) is 4.77. The number of thiophene rings is 1. The first-order valence-corrected chi connectivity index (χ1v) is 11.8. The van der Waals surface area contributed by atoms with E-state index < -0.39 is 0 Å². The van der Waals surface area contributed by atoms with Crippen molar-refractivity contribution in [1.82, 2.24) is 24.8 Å². The summed E-state index contributed by atoms with van der Waals surface area (Å²) in [5, 5.41) is 2.08. The third-order valence-corrected chi connectivity index (χ3v) is 6.66. The Balaban J connectivity index is 1.46. The Morgan fingerprint density at radius 1 is 0.969 bits per heavy atom. The van der Waals surface area contributed by atoms with Crippen LogP contribution in [0, 0.1) is 0 Å². The SMILES string of the molecule is C=CCN1CCN(c2ncc(-c3ccnc(N4CCOCC4)n3)c(-c3cccs3)n2)CC1. The van der Waals surface area contributed by atoms with Gasteiger partial charge in [-0.05, 0) is 17.5 Å². The standard InChI is InChI=1S/C23H27N7OS/c1-2-7-28-8-10-29(11-9-28)23-25-17-18(21(27-23)20-4-3-16-32-20)19-5-6-24-22(26-19)30-12-14-31-15-13-30/h2-6,16-17H,1,7-15H2. The van der Waals surface area contributed by atoms with Gasteiger partial charge in [-0.25, -0.2) is 19.9 Å². The highest BCUT2D eigenvalue weighted by atomic mass is 32.1. The summed E-state index contributed by atoms with van der Waals surface area (Å²) in [6.07, 6.45) is 5.69. The first-order valence-electron chi connectivity index (χ1n) is 11.0. The number of anilines is 2. The molecule has 2 saturated heterocycles. The van der Waals surface area contributed by atoms with Gasteiger partial charge in [-0.1, -0.05) is 12.1 Å². The van der Waals surface area contributed by atoms with Crippen LogP contribution in [-0.2, 0) is 4.74 Å². The van der Waals surface area contributed by atoms with Crippen molar-refractivity contribution in [2.45, 2.75) is 0 Å². The Hall–Kier alpha value is -2.88. The smallest absolute Gasteiger partial charge is 0.226 e. The second-order valence-corrected chi connectivity index (χ2v) is 8.77. The minimum absolute atomic E-state index is 0.700. The van der Waals surface area contributed by atoms with Gasteiger partial charge in [0.1, 0.15) is 0 Å². The first-order chi connectivity index (χ1) is 15.8. The van der Waals surface area contributed by atoms with Gasteiger partial charge in [0, 0.05) is 63.8 Å². The van der Waals surface area contributed by atoms with Gasteiger partial charge in [0.15, 0.2) is 0 Å². The van der Waals surface area contributed by atoms with Crippen molar-refractivity contribution < 1.29 is 4.74 Å². The molecule has 2 fully saturated rings. The monoisotopic (exact) mass is 449 g/mol. The van der Waals surface area contributed by atoms with Crippen LogP contribution in [0.5, 0.6) is 0 Å². The predicted octanol–water partition coefficient (Wildman–Crippen LogP) is 2.81. The summed E-state index contributed by atoms with van der Waals surface area (Å²) in [5.41, 5.74) is 2.69. The van der Waals surface area contributed by atoms with Crippen LogP contribution in [0.2, 0.25) is 0 Å². The summed E-state index contributed by atoms with van der Waals surface area (Å²) in [7, 11) is 0. The average Bonchev–Trinajstić information content (AvgIpc) is 3.40. The largest absolute Gasteiger partial charge is 0.378 e. The van der Waals surface area contributed by atoms with Gasteiger partial charge in [-0.15, -0.1) is 17.9 Å². The fourth-order valence-electron chi connectivity index (χ4n) is 4.04. The molecule has 3 aromatic rings. The van der Waals surface area contributed by atoms with Crippen LogP contribution in [0.3, 0.4) is 0 Å². The molecule has 0 radical (unpaired) electrons. The zero-order chi connectivity index (χ0) is 21.8. The van der Waals surface area contributed by atoms with E-state index in [2.05, 4.69) is 43.8 Å². The van der Waals surface area contributed by atoms with E-state index in [-0.39, 0.29) is 0 Å².